The molecule has 0 N–H and O–H groups in total. The molecule has 3 aromatic rings. The van der Waals surface area contributed by atoms with Gasteiger partial charge in [0.25, 0.3) is 5.91 Å². The number of carbonyl (C=O) groups is 1. The number of nitrogens with zero attached hydrogens (tertiary/aromatic N) is 4. The van der Waals surface area contributed by atoms with Crippen LogP contribution in [0.2, 0.25) is 0 Å². The van der Waals surface area contributed by atoms with Gasteiger partial charge in [0.1, 0.15) is 6.54 Å². The van der Waals surface area contributed by atoms with Crippen molar-refractivity contribution in [1.29, 1.82) is 0 Å². The van der Waals surface area contributed by atoms with E-state index in [4.69, 9.17) is 0 Å². The van der Waals surface area contributed by atoms with Crippen LogP contribution in [0, 0.1) is 6.92 Å². The van der Waals surface area contributed by atoms with Gasteiger partial charge in [-0.1, -0.05) is 6.07 Å². The Morgan fingerprint density at radius 2 is 1.72 bits per heavy atom. The SMILES string of the molecule is Cc1cc(-c2cncc(C(F)(F)F)c2)cc2c1C(=O)N(c1cnn(CC(F)(F)F)c1)C2C. The Kier molecular flexibility index (Phi) is 5.02. The van der Waals surface area contributed by atoms with E-state index < -0.39 is 36.4 Å². The molecular weight excluding hydrogens is 438 g/mol. The van der Waals surface area contributed by atoms with Gasteiger partial charge in [0.15, 0.2) is 0 Å². The summed E-state index contributed by atoms with van der Waals surface area (Å²) in [4.78, 5) is 18.1. The minimum absolute atomic E-state index is 0.199. The Balaban J connectivity index is 1.72. The maximum Gasteiger partial charge on any atom is 0.417 e. The molecule has 168 valence electrons. The fourth-order valence-electron chi connectivity index (χ4n) is 3.88. The van der Waals surface area contributed by atoms with Crippen LogP contribution in [0.25, 0.3) is 11.1 Å². The molecule has 1 amide bonds. The van der Waals surface area contributed by atoms with E-state index in [0.717, 1.165) is 18.5 Å². The summed E-state index contributed by atoms with van der Waals surface area (Å²) in [5.74, 6) is -0.412. The highest BCUT2D eigenvalue weighted by atomic mass is 19.4. The molecule has 0 aliphatic carbocycles. The zero-order valence-corrected chi connectivity index (χ0v) is 16.8. The monoisotopic (exact) mass is 454 g/mol. The summed E-state index contributed by atoms with van der Waals surface area (Å²) < 4.78 is 77.8. The van der Waals surface area contributed by atoms with E-state index >= 15 is 0 Å². The van der Waals surface area contributed by atoms with Gasteiger partial charge in [-0.25, -0.2) is 0 Å². The van der Waals surface area contributed by atoms with Crippen LogP contribution in [0.1, 0.15) is 40.0 Å². The van der Waals surface area contributed by atoms with Crippen LogP contribution < -0.4 is 4.90 Å². The van der Waals surface area contributed by atoms with Crippen molar-refractivity contribution in [3.8, 4) is 11.1 Å². The van der Waals surface area contributed by atoms with Crippen molar-refractivity contribution in [1.82, 2.24) is 14.8 Å². The minimum atomic E-state index is -4.55. The Bertz CT molecular complexity index is 1200. The Hall–Kier alpha value is -3.37. The van der Waals surface area contributed by atoms with Crippen LogP contribution in [0.15, 0.2) is 43.0 Å². The number of carbonyl (C=O) groups excluding carboxylic acids is 1. The Morgan fingerprint density at radius 3 is 2.38 bits per heavy atom. The molecule has 1 atom stereocenters. The summed E-state index contributed by atoms with van der Waals surface area (Å²) in [5.41, 5.74) is 1.46. The molecule has 1 aliphatic rings. The van der Waals surface area contributed by atoms with Crippen molar-refractivity contribution in [2.75, 3.05) is 4.90 Å². The fourth-order valence-corrected chi connectivity index (χ4v) is 3.88. The highest BCUT2D eigenvalue weighted by Gasteiger charge is 2.38. The van der Waals surface area contributed by atoms with Crippen molar-refractivity contribution in [3.63, 3.8) is 0 Å². The van der Waals surface area contributed by atoms with Crippen molar-refractivity contribution < 1.29 is 31.1 Å². The predicted octanol–water partition coefficient (Wildman–Crippen LogP) is 5.56. The molecule has 0 radical (unpaired) electrons. The zero-order valence-electron chi connectivity index (χ0n) is 16.8. The van der Waals surface area contributed by atoms with E-state index in [9.17, 15) is 31.1 Å². The summed E-state index contributed by atoms with van der Waals surface area (Å²) >= 11 is 0. The third kappa shape index (κ3) is 3.94. The quantitative estimate of drug-likeness (QED) is 0.488. The van der Waals surface area contributed by atoms with Crippen molar-refractivity contribution in [2.24, 2.45) is 0 Å². The molecule has 4 rings (SSSR count). The molecule has 3 heterocycles. The minimum Gasteiger partial charge on any atom is -0.298 e. The van der Waals surface area contributed by atoms with Gasteiger partial charge in [0.2, 0.25) is 0 Å². The lowest BCUT2D eigenvalue weighted by molar-refractivity contribution is -0.142. The topological polar surface area (TPSA) is 51.0 Å². The molecule has 11 heteroatoms. The largest absolute Gasteiger partial charge is 0.417 e. The van der Waals surface area contributed by atoms with E-state index in [1.54, 1.807) is 26.0 Å². The summed E-state index contributed by atoms with van der Waals surface area (Å²) in [7, 11) is 0. The number of aryl methyl sites for hydroxylation is 1. The average molecular weight is 454 g/mol. The molecule has 1 aromatic carbocycles. The molecular formula is C21H16F6N4O. The molecule has 1 aliphatic heterocycles. The lowest BCUT2D eigenvalue weighted by Crippen LogP contribution is -2.26. The van der Waals surface area contributed by atoms with Gasteiger partial charge in [0, 0.05) is 29.7 Å². The number of alkyl halides is 6. The smallest absolute Gasteiger partial charge is 0.298 e. The lowest BCUT2D eigenvalue weighted by Gasteiger charge is -2.20. The maximum atomic E-state index is 13.1. The van der Waals surface area contributed by atoms with Gasteiger partial charge in [-0.15, -0.1) is 0 Å². The van der Waals surface area contributed by atoms with Crippen LogP contribution in [0.5, 0.6) is 0 Å². The van der Waals surface area contributed by atoms with Gasteiger partial charge >= 0.3 is 12.4 Å². The molecule has 5 nitrogen and oxygen atoms in total. The standard InChI is InChI=1S/C21H16F6N4O/c1-11-3-13(14-4-15(7-28-6-14)21(25,26)27)5-17-12(2)31(19(32)18(11)17)16-8-29-30(9-16)10-20(22,23)24/h3-9,12H,10H2,1-2H3. The fraction of sp³-hybridized carbons (Fsp3) is 0.286. The number of aromatic nitrogens is 3. The molecule has 0 fully saturated rings. The van der Waals surface area contributed by atoms with E-state index in [1.807, 2.05) is 0 Å². The molecule has 0 bridgehead atoms. The highest BCUT2D eigenvalue weighted by molar-refractivity contribution is 6.12. The Morgan fingerprint density at radius 1 is 1.00 bits per heavy atom. The molecule has 1 unspecified atom stereocenters. The first-order valence-electron chi connectivity index (χ1n) is 9.45. The first kappa shape index (κ1) is 21.8. The van der Waals surface area contributed by atoms with Crippen molar-refractivity contribution >= 4 is 11.6 Å². The van der Waals surface area contributed by atoms with E-state index in [-0.39, 0.29) is 11.3 Å². The van der Waals surface area contributed by atoms with Crippen LogP contribution >= 0.6 is 0 Å². The number of fused-ring (bicyclic) bond motifs is 1. The summed E-state index contributed by atoms with van der Waals surface area (Å²) in [6.45, 7) is 2.06. The highest BCUT2D eigenvalue weighted by Crippen LogP contribution is 2.41. The van der Waals surface area contributed by atoms with E-state index in [1.165, 1.54) is 17.3 Å². The maximum absolute atomic E-state index is 13.1. The van der Waals surface area contributed by atoms with Gasteiger partial charge in [-0.3, -0.25) is 19.4 Å². The van der Waals surface area contributed by atoms with Crippen LogP contribution in [0.4, 0.5) is 32.0 Å². The second-order valence-corrected chi connectivity index (χ2v) is 7.58. The number of rotatable bonds is 3. The average Bonchev–Trinajstić information content (AvgIpc) is 3.22. The van der Waals surface area contributed by atoms with Gasteiger partial charge in [-0.2, -0.15) is 31.4 Å². The molecule has 2 aromatic heterocycles. The third-order valence-corrected chi connectivity index (χ3v) is 5.27. The summed E-state index contributed by atoms with van der Waals surface area (Å²) in [5, 5.41) is 3.69. The van der Waals surface area contributed by atoms with Crippen molar-refractivity contribution in [3.05, 3.63) is 65.2 Å². The van der Waals surface area contributed by atoms with Crippen LogP contribution in [-0.4, -0.2) is 26.8 Å². The number of pyridine rings is 1. The molecule has 32 heavy (non-hydrogen) atoms. The Labute approximate surface area is 178 Å². The molecule has 0 saturated carbocycles. The number of anilines is 1. The number of benzene rings is 1. The normalized spacial score (nSPS) is 16.6. The van der Waals surface area contributed by atoms with Crippen molar-refractivity contribution in [2.45, 2.75) is 38.8 Å². The second kappa shape index (κ2) is 7.35. The number of halogens is 6. The summed E-state index contributed by atoms with van der Waals surface area (Å²) in [6.07, 6.45) is -4.66. The van der Waals surface area contributed by atoms with E-state index in [2.05, 4.69) is 10.1 Å². The molecule has 0 saturated heterocycles. The number of hydrogen-bond donors (Lipinski definition) is 0. The van der Waals surface area contributed by atoms with Crippen LogP contribution in [-0.2, 0) is 12.7 Å². The lowest BCUT2D eigenvalue weighted by atomic mass is 9.94. The number of amides is 1. The summed E-state index contributed by atoms with van der Waals surface area (Å²) in [6, 6.07) is 3.63. The van der Waals surface area contributed by atoms with Crippen LogP contribution in [0.3, 0.4) is 0 Å². The predicted molar refractivity (Wildman–Crippen MR) is 103 cm³/mol. The van der Waals surface area contributed by atoms with Gasteiger partial charge < -0.3 is 0 Å². The second-order valence-electron chi connectivity index (χ2n) is 7.58. The third-order valence-electron chi connectivity index (χ3n) is 5.27. The van der Waals surface area contributed by atoms with Gasteiger partial charge in [0.05, 0.1) is 23.5 Å². The first-order valence-corrected chi connectivity index (χ1v) is 9.45. The first-order chi connectivity index (χ1) is 14.8. The zero-order chi connectivity index (χ0) is 23.4. The molecule has 0 spiro atoms. The van der Waals surface area contributed by atoms with Gasteiger partial charge in [-0.05, 0) is 42.7 Å². The van der Waals surface area contributed by atoms with E-state index in [0.29, 0.717) is 26.9 Å². The number of hydrogen-bond acceptors (Lipinski definition) is 3.